The van der Waals surface area contributed by atoms with Gasteiger partial charge in [0.2, 0.25) is 0 Å². The Morgan fingerprint density at radius 2 is 1.00 bits per heavy atom. The Kier molecular flexibility index (Phi) is 7.60. The van der Waals surface area contributed by atoms with Crippen LogP contribution in [-0.2, 0) is 0 Å². The van der Waals surface area contributed by atoms with E-state index in [9.17, 15) is 0 Å². The van der Waals surface area contributed by atoms with Gasteiger partial charge in [0, 0.05) is 11.4 Å². The molecule has 18 heavy (non-hydrogen) atoms. The Morgan fingerprint density at radius 1 is 0.667 bits per heavy atom. The van der Waals surface area contributed by atoms with E-state index >= 15 is 0 Å². The number of hydrogen-bond donors (Lipinski definition) is 2. The van der Waals surface area contributed by atoms with Gasteiger partial charge in [-0.15, -0.1) is 0 Å². The molecule has 0 saturated carbocycles. The van der Waals surface area contributed by atoms with Gasteiger partial charge in [0.1, 0.15) is 0 Å². The number of hydrogen-bond acceptors (Lipinski definition) is 2. The molecule has 0 radical (unpaired) electrons. The molecule has 2 nitrogen and oxygen atoms in total. The third-order valence-corrected chi connectivity index (χ3v) is 2.79. The summed E-state index contributed by atoms with van der Waals surface area (Å²) in [5.74, 6) is 0. The van der Waals surface area contributed by atoms with Crippen LogP contribution in [0.25, 0.3) is 11.1 Å². The zero-order chi connectivity index (χ0) is 11.7. The first kappa shape index (κ1) is 18.0. The molecule has 2 rings (SSSR count). The molecule has 86 valence electrons. The Labute approximate surface area is 153 Å². The molecular weight excluding hydrogens is 242 g/mol. The van der Waals surface area contributed by atoms with E-state index in [1.54, 1.807) is 0 Å². The molecule has 2 aromatic rings. The number of nitrogens with two attached hydrogens (primary N) is 2. The first-order chi connectivity index (χ1) is 7.58. The van der Waals surface area contributed by atoms with Gasteiger partial charge in [0.25, 0.3) is 0 Å². The topological polar surface area (TPSA) is 52.0 Å². The predicted molar refractivity (Wildman–Crippen MR) is 84.5 cm³/mol. The molecule has 4 N–H and O–H groups in total. The fourth-order valence-electron chi connectivity index (χ4n) is 1.98. The van der Waals surface area contributed by atoms with Crippen molar-refractivity contribution in [3.05, 3.63) is 47.5 Å². The summed E-state index contributed by atoms with van der Waals surface area (Å²) in [4.78, 5) is 0. The second-order valence-corrected chi connectivity index (χ2v) is 4.15. The van der Waals surface area contributed by atoms with E-state index < -0.39 is 0 Å². The van der Waals surface area contributed by atoms with Crippen LogP contribution >= 0.6 is 0 Å². The summed E-state index contributed by atoms with van der Waals surface area (Å²) in [6.07, 6.45) is 0. The van der Waals surface area contributed by atoms with Crippen LogP contribution in [0.3, 0.4) is 0 Å². The first-order valence-electron chi connectivity index (χ1n) is 5.30. The summed E-state index contributed by atoms with van der Waals surface area (Å²) < 4.78 is 0. The maximum absolute atomic E-state index is 5.75. The van der Waals surface area contributed by atoms with E-state index in [2.05, 4.69) is 26.0 Å². The summed E-state index contributed by atoms with van der Waals surface area (Å²) in [7, 11) is 0. The van der Waals surface area contributed by atoms with Crippen molar-refractivity contribution in [1.29, 1.82) is 0 Å². The van der Waals surface area contributed by atoms with Gasteiger partial charge in [-0.2, -0.15) is 0 Å². The van der Waals surface area contributed by atoms with Gasteiger partial charge in [-0.25, -0.2) is 0 Å². The number of rotatable bonds is 1. The molecule has 2 aromatic carbocycles. The van der Waals surface area contributed by atoms with Crippen molar-refractivity contribution in [2.24, 2.45) is 0 Å². The van der Waals surface area contributed by atoms with Crippen LogP contribution in [0.15, 0.2) is 36.4 Å². The van der Waals surface area contributed by atoms with E-state index in [4.69, 9.17) is 11.5 Å². The minimum atomic E-state index is 0. The summed E-state index contributed by atoms with van der Waals surface area (Å²) in [5.41, 5.74) is 17.9. The van der Waals surface area contributed by atoms with Crippen molar-refractivity contribution in [2.45, 2.75) is 13.8 Å². The molecule has 0 unspecified atom stereocenters. The normalized spacial score (nSPS) is 9.22. The molecule has 0 aliphatic rings. The molecule has 0 saturated heterocycles. The summed E-state index contributed by atoms with van der Waals surface area (Å²) in [6.45, 7) is 4.14. The fraction of sp³-hybridized carbons (Fsp3) is 0.143. The van der Waals surface area contributed by atoms with E-state index in [1.807, 2.05) is 24.3 Å². The monoisotopic (exact) mass is 260 g/mol. The number of nitrogen functional groups attached to an aromatic ring is 2. The molecule has 0 heterocycles. The van der Waals surface area contributed by atoms with Crippen LogP contribution in [-0.4, -0.2) is 59.1 Å². The fourth-order valence-corrected chi connectivity index (χ4v) is 1.98. The number of anilines is 2. The molecule has 0 amide bonds. The second-order valence-electron chi connectivity index (χ2n) is 4.15. The predicted octanol–water partition coefficient (Wildman–Crippen LogP) is 1.84. The van der Waals surface area contributed by atoms with Crippen LogP contribution in [0.1, 0.15) is 11.1 Å². The molecule has 0 bridgehead atoms. The van der Waals surface area contributed by atoms with Crippen molar-refractivity contribution in [2.75, 3.05) is 11.5 Å². The molecule has 0 aromatic heterocycles. The van der Waals surface area contributed by atoms with Crippen molar-refractivity contribution < 1.29 is 0 Å². The molecule has 0 atom stereocenters. The average Bonchev–Trinajstić information content (AvgIpc) is 2.19. The standard InChI is InChI=1S/C14H16N2.2Na.2H/c1-9-7-11(15)3-5-13(9)14-6-4-12(16)8-10(14)2;;;;/h3-8H,15-16H2,1-2H3;;;;. The van der Waals surface area contributed by atoms with E-state index in [-0.39, 0.29) is 59.1 Å². The Balaban J connectivity index is 0.00000144. The second kappa shape index (κ2) is 7.59. The summed E-state index contributed by atoms with van der Waals surface area (Å²) in [6, 6.07) is 12.0. The van der Waals surface area contributed by atoms with Crippen molar-refractivity contribution in [3.63, 3.8) is 0 Å². The van der Waals surface area contributed by atoms with Crippen LogP contribution in [0.4, 0.5) is 11.4 Å². The van der Waals surface area contributed by atoms with E-state index in [0.717, 1.165) is 11.4 Å². The van der Waals surface area contributed by atoms with Gasteiger partial charge in [0.05, 0.1) is 0 Å². The van der Waals surface area contributed by atoms with Crippen molar-refractivity contribution >= 4 is 70.5 Å². The third-order valence-electron chi connectivity index (χ3n) is 2.79. The SMILES string of the molecule is Cc1cc(N)ccc1-c1ccc(N)cc1C.[NaH].[NaH]. The van der Waals surface area contributed by atoms with E-state index in [0.29, 0.717) is 0 Å². The van der Waals surface area contributed by atoms with Crippen molar-refractivity contribution in [3.8, 4) is 11.1 Å². The van der Waals surface area contributed by atoms with Crippen LogP contribution in [0.5, 0.6) is 0 Å². The Bertz CT molecular complexity index is 490. The minimum absolute atomic E-state index is 0. The Hall–Kier alpha value is 0.0400. The molecule has 0 spiro atoms. The van der Waals surface area contributed by atoms with Gasteiger partial charge in [0.15, 0.2) is 0 Å². The summed E-state index contributed by atoms with van der Waals surface area (Å²) in [5, 5.41) is 0. The van der Waals surface area contributed by atoms with Gasteiger partial charge in [-0.1, -0.05) is 12.1 Å². The molecule has 4 heteroatoms. The zero-order valence-electron chi connectivity index (χ0n) is 9.62. The summed E-state index contributed by atoms with van der Waals surface area (Å²) >= 11 is 0. The first-order valence-corrected chi connectivity index (χ1v) is 5.30. The quantitative estimate of drug-likeness (QED) is 0.607. The van der Waals surface area contributed by atoms with Gasteiger partial charge < -0.3 is 11.5 Å². The Morgan fingerprint density at radius 3 is 1.28 bits per heavy atom. The molecule has 0 aliphatic carbocycles. The third kappa shape index (κ3) is 4.02. The molecule has 0 aliphatic heterocycles. The van der Waals surface area contributed by atoms with Gasteiger partial charge in [-0.3, -0.25) is 0 Å². The maximum atomic E-state index is 5.75. The van der Waals surface area contributed by atoms with Gasteiger partial charge >= 0.3 is 59.1 Å². The average molecular weight is 260 g/mol. The van der Waals surface area contributed by atoms with Gasteiger partial charge in [-0.05, 0) is 60.4 Å². The zero-order valence-corrected chi connectivity index (χ0v) is 9.62. The number of benzene rings is 2. The van der Waals surface area contributed by atoms with Crippen LogP contribution in [0, 0.1) is 13.8 Å². The van der Waals surface area contributed by atoms with Crippen LogP contribution in [0.2, 0.25) is 0 Å². The van der Waals surface area contributed by atoms with Crippen LogP contribution < -0.4 is 11.5 Å². The number of aryl methyl sites for hydroxylation is 2. The molecular formula is C14H18N2Na2. The molecule has 0 fully saturated rings. The van der Waals surface area contributed by atoms with Crippen molar-refractivity contribution in [1.82, 2.24) is 0 Å². The van der Waals surface area contributed by atoms with E-state index in [1.165, 1.54) is 22.3 Å².